The van der Waals surface area contributed by atoms with Gasteiger partial charge in [0.2, 0.25) is 0 Å². The van der Waals surface area contributed by atoms with Gasteiger partial charge >= 0.3 is 0 Å². The highest BCUT2D eigenvalue weighted by molar-refractivity contribution is 7.12. The lowest BCUT2D eigenvalue weighted by atomic mass is 10.2. The van der Waals surface area contributed by atoms with E-state index in [4.69, 9.17) is 5.73 Å². The number of nitrogens with two attached hydrogens (primary N) is 1. The fourth-order valence-corrected chi connectivity index (χ4v) is 2.95. The number of rotatable bonds is 3. The zero-order valence-corrected chi connectivity index (χ0v) is 9.57. The van der Waals surface area contributed by atoms with Crippen molar-refractivity contribution in [3.63, 3.8) is 0 Å². The van der Waals surface area contributed by atoms with Crippen molar-refractivity contribution in [2.75, 3.05) is 0 Å². The Morgan fingerprint density at radius 3 is 2.93 bits per heavy atom. The summed E-state index contributed by atoms with van der Waals surface area (Å²) in [5.74, 6) is 0. The third-order valence-electron chi connectivity index (χ3n) is 2.05. The molecule has 0 radical (unpaired) electrons. The number of aromatic nitrogens is 1. The Hall–Kier alpha value is -0.710. The average Bonchev–Trinajstić information content (AvgIpc) is 2.88. The van der Waals surface area contributed by atoms with Crippen LogP contribution in [-0.2, 0) is 6.42 Å². The van der Waals surface area contributed by atoms with E-state index in [0.29, 0.717) is 0 Å². The topological polar surface area (TPSA) is 38.9 Å². The molecule has 4 heteroatoms. The summed E-state index contributed by atoms with van der Waals surface area (Å²) in [5.41, 5.74) is 6.09. The van der Waals surface area contributed by atoms with Crippen molar-refractivity contribution in [1.29, 1.82) is 0 Å². The molecule has 74 valence electrons. The highest BCUT2D eigenvalue weighted by atomic mass is 32.1. The van der Waals surface area contributed by atoms with Gasteiger partial charge in [0.15, 0.2) is 0 Å². The molecular formula is C10H12N2S2. The molecular weight excluding hydrogens is 212 g/mol. The van der Waals surface area contributed by atoms with Gasteiger partial charge in [0.1, 0.15) is 5.01 Å². The second-order valence-corrected chi connectivity index (χ2v) is 5.13. The van der Waals surface area contributed by atoms with Crippen LogP contribution in [0.2, 0.25) is 0 Å². The minimum absolute atomic E-state index is 0.0414. The molecule has 0 amide bonds. The summed E-state index contributed by atoms with van der Waals surface area (Å²) in [5, 5.41) is 2.96. The van der Waals surface area contributed by atoms with Crippen LogP contribution in [-0.4, -0.2) is 4.98 Å². The summed E-state index contributed by atoms with van der Waals surface area (Å²) in [6, 6.07) is 4.21. The van der Waals surface area contributed by atoms with Crippen molar-refractivity contribution in [2.45, 2.75) is 19.4 Å². The molecule has 0 aromatic carbocycles. The predicted molar refractivity (Wildman–Crippen MR) is 61.8 cm³/mol. The molecule has 2 aromatic rings. The summed E-state index contributed by atoms with van der Waals surface area (Å²) in [6.45, 7) is 2.16. The Labute approximate surface area is 91.4 Å². The van der Waals surface area contributed by atoms with E-state index >= 15 is 0 Å². The van der Waals surface area contributed by atoms with Crippen LogP contribution < -0.4 is 5.73 Å². The monoisotopic (exact) mass is 224 g/mol. The smallest absolute Gasteiger partial charge is 0.115 e. The molecule has 2 nitrogen and oxygen atoms in total. The fraction of sp³-hybridized carbons (Fsp3) is 0.300. The fourth-order valence-electron chi connectivity index (χ4n) is 1.26. The number of thiazole rings is 1. The van der Waals surface area contributed by atoms with E-state index in [1.54, 1.807) is 28.9 Å². The Morgan fingerprint density at radius 1 is 1.50 bits per heavy atom. The normalized spacial score (nSPS) is 13.0. The van der Waals surface area contributed by atoms with Gasteiger partial charge in [-0.05, 0) is 18.6 Å². The van der Waals surface area contributed by atoms with Crippen molar-refractivity contribution in [3.8, 4) is 0 Å². The van der Waals surface area contributed by atoms with Gasteiger partial charge in [0.25, 0.3) is 0 Å². The molecule has 2 N–H and O–H groups in total. The van der Waals surface area contributed by atoms with Crippen molar-refractivity contribution in [2.24, 2.45) is 5.73 Å². The van der Waals surface area contributed by atoms with E-state index in [0.717, 1.165) is 11.4 Å². The zero-order chi connectivity index (χ0) is 9.97. The summed E-state index contributed by atoms with van der Waals surface area (Å²) >= 11 is 3.39. The Balaban J connectivity index is 2.23. The van der Waals surface area contributed by atoms with Crippen LogP contribution in [0.1, 0.15) is 27.7 Å². The van der Waals surface area contributed by atoms with Gasteiger partial charge in [-0.25, -0.2) is 4.98 Å². The maximum Gasteiger partial charge on any atom is 0.115 e. The first-order valence-electron chi connectivity index (χ1n) is 4.55. The molecule has 0 aliphatic carbocycles. The van der Waals surface area contributed by atoms with Gasteiger partial charge in [-0.3, -0.25) is 0 Å². The Bertz CT molecular complexity index is 392. The lowest BCUT2D eigenvalue weighted by Crippen LogP contribution is -2.09. The summed E-state index contributed by atoms with van der Waals surface area (Å²) in [6.07, 6.45) is 2.88. The molecule has 14 heavy (non-hydrogen) atoms. The molecule has 0 spiro atoms. The standard InChI is InChI=1S/C10H12N2S2/c1-2-7-3-4-8(14-7)9(11)10-12-5-6-13-10/h3-6,9H,2,11H2,1H3. The van der Waals surface area contributed by atoms with Gasteiger partial charge < -0.3 is 5.73 Å². The van der Waals surface area contributed by atoms with E-state index < -0.39 is 0 Å². The second kappa shape index (κ2) is 4.21. The predicted octanol–water partition coefficient (Wildman–Crippen LogP) is 2.82. The maximum absolute atomic E-state index is 6.09. The number of thiophene rings is 1. The molecule has 2 rings (SSSR count). The van der Waals surface area contributed by atoms with E-state index in [1.807, 2.05) is 5.38 Å². The Morgan fingerprint density at radius 2 is 2.36 bits per heavy atom. The van der Waals surface area contributed by atoms with Crippen LogP contribution >= 0.6 is 22.7 Å². The van der Waals surface area contributed by atoms with Crippen molar-refractivity contribution in [1.82, 2.24) is 4.98 Å². The molecule has 0 bridgehead atoms. The molecule has 0 aliphatic rings. The van der Waals surface area contributed by atoms with Gasteiger partial charge in [-0.2, -0.15) is 0 Å². The molecule has 0 fully saturated rings. The Kier molecular flexibility index (Phi) is 2.96. The third kappa shape index (κ3) is 1.87. The van der Waals surface area contributed by atoms with Crippen molar-refractivity contribution >= 4 is 22.7 Å². The van der Waals surface area contributed by atoms with E-state index in [9.17, 15) is 0 Å². The molecule has 2 heterocycles. The van der Waals surface area contributed by atoms with Gasteiger partial charge in [0.05, 0.1) is 6.04 Å². The van der Waals surface area contributed by atoms with E-state index in [1.165, 1.54) is 9.75 Å². The third-order valence-corrected chi connectivity index (χ3v) is 4.23. The van der Waals surface area contributed by atoms with Gasteiger partial charge in [-0.1, -0.05) is 6.92 Å². The van der Waals surface area contributed by atoms with Crippen molar-refractivity contribution < 1.29 is 0 Å². The van der Waals surface area contributed by atoms with Crippen LogP contribution in [0.3, 0.4) is 0 Å². The van der Waals surface area contributed by atoms with Crippen LogP contribution in [0, 0.1) is 0 Å². The summed E-state index contributed by atoms with van der Waals surface area (Å²) in [4.78, 5) is 6.81. The molecule has 0 saturated carbocycles. The van der Waals surface area contributed by atoms with Crippen LogP contribution in [0.4, 0.5) is 0 Å². The first kappa shape index (κ1) is 9.83. The maximum atomic E-state index is 6.09. The lowest BCUT2D eigenvalue weighted by Gasteiger charge is -2.04. The molecule has 1 atom stereocenters. The summed E-state index contributed by atoms with van der Waals surface area (Å²) in [7, 11) is 0. The molecule has 0 saturated heterocycles. The molecule has 1 unspecified atom stereocenters. The quantitative estimate of drug-likeness (QED) is 0.870. The van der Waals surface area contributed by atoms with E-state index in [-0.39, 0.29) is 6.04 Å². The van der Waals surface area contributed by atoms with Crippen LogP contribution in [0.15, 0.2) is 23.7 Å². The second-order valence-electron chi connectivity index (χ2n) is 3.01. The van der Waals surface area contributed by atoms with Gasteiger partial charge in [-0.15, -0.1) is 22.7 Å². The SMILES string of the molecule is CCc1ccc(C(N)c2nccs2)s1. The number of hydrogen-bond acceptors (Lipinski definition) is 4. The lowest BCUT2D eigenvalue weighted by molar-refractivity contribution is 0.878. The first-order valence-corrected chi connectivity index (χ1v) is 6.24. The van der Waals surface area contributed by atoms with Crippen molar-refractivity contribution in [3.05, 3.63) is 38.5 Å². The first-order chi connectivity index (χ1) is 6.81. The van der Waals surface area contributed by atoms with Crippen LogP contribution in [0.25, 0.3) is 0 Å². The average molecular weight is 224 g/mol. The largest absolute Gasteiger partial charge is 0.318 e. The minimum Gasteiger partial charge on any atom is -0.318 e. The minimum atomic E-state index is -0.0414. The number of hydrogen-bond donors (Lipinski definition) is 1. The highest BCUT2D eigenvalue weighted by Crippen LogP contribution is 2.27. The number of aryl methyl sites for hydroxylation is 1. The van der Waals surface area contributed by atoms with E-state index in [2.05, 4.69) is 24.0 Å². The highest BCUT2D eigenvalue weighted by Gasteiger charge is 2.13. The molecule has 0 aliphatic heterocycles. The van der Waals surface area contributed by atoms with Crippen LogP contribution in [0.5, 0.6) is 0 Å². The number of nitrogens with zero attached hydrogens (tertiary/aromatic N) is 1. The van der Waals surface area contributed by atoms with Gasteiger partial charge in [0, 0.05) is 21.3 Å². The molecule has 2 aromatic heterocycles. The zero-order valence-electron chi connectivity index (χ0n) is 7.93. The summed E-state index contributed by atoms with van der Waals surface area (Å²) < 4.78 is 0.